The highest BCUT2D eigenvalue weighted by molar-refractivity contribution is 14.1. The van der Waals surface area contributed by atoms with Crippen molar-refractivity contribution in [1.82, 2.24) is 0 Å². The van der Waals surface area contributed by atoms with Gasteiger partial charge in [-0.1, -0.05) is 43.0 Å². The zero-order valence-corrected chi connectivity index (χ0v) is 10.4. The second kappa shape index (κ2) is 5.81. The molecular formula is C13H13I. The molecule has 0 aromatic heterocycles. The predicted molar refractivity (Wildman–Crippen MR) is 72.1 cm³/mol. The third-order valence-electron chi connectivity index (χ3n) is 1.85. The van der Waals surface area contributed by atoms with E-state index in [0.29, 0.717) is 0 Å². The molecule has 0 fully saturated rings. The van der Waals surface area contributed by atoms with Crippen LogP contribution in [-0.4, -0.2) is 0 Å². The van der Waals surface area contributed by atoms with Crippen molar-refractivity contribution in [2.45, 2.75) is 6.92 Å². The van der Waals surface area contributed by atoms with Crippen LogP contribution in [0.25, 0.3) is 5.57 Å². The first-order chi connectivity index (χ1) is 6.77. The van der Waals surface area contributed by atoms with Gasteiger partial charge >= 0.3 is 0 Å². The Labute approximate surface area is 99.2 Å². The third kappa shape index (κ3) is 3.14. The summed E-state index contributed by atoms with van der Waals surface area (Å²) in [5, 5.41) is 0. The van der Waals surface area contributed by atoms with Crippen LogP contribution in [-0.2, 0) is 0 Å². The van der Waals surface area contributed by atoms with E-state index >= 15 is 0 Å². The molecule has 0 spiro atoms. The van der Waals surface area contributed by atoms with Crippen LogP contribution in [0.3, 0.4) is 0 Å². The summed E-state index contributed by atoms with van der Waals surface area (Å²) in [6.45, 7) is 5.82. The standard InChI is InChI=1S/C13H13I/c1-3-5-7-11(4-2)12-8-6-9-13(14)10-12/h3-10H,2H2,1H3/b5-3-,11-7+. The van der Waals surface area contributed by atoms with Gasteiger partial charge < -0.3 is 0 Å². The van der Waals surface area contributed by atoms with Crippen molar-refractivity contribution in [3.63, 3.8) is 0 Å². The zero-order valence-electron chi connectivity index (χ0n) is 8.20. The topological polar surface area (TPSA) is 0 Å². The van der Waals surface area contributed by atoms with E-state index in [-0.39, 0.29) is 0 Å². The average Bonchev–Trinajstić information content (AvgIpc) is 2.19. The summed E-state index contributed by atoms with van der Waals surface area (Å²) in [7, 11) is 0. The lowest BCUT2D eigenvalue weighted by molar-refractivity contribution is 1.57. The van der Waals surface area contributed by atoms with Crippen LogP contribution in [0.1, 0.15) is 12.5 Å². The maximum Gasteiger partial charge on any atom is 0.0136 e. The highest BCUT2D eigenvalue weighted by Gasteiger charge is 1.95. The first-order valence-corrected chi connectivity index (χ1v) is 5.57. The molecule has 1 aromatic carbocycles. The molecule has 0 N–H and O–H groups in total. The van der Waals surface area contributed by atoms with Gasteiger partial charge in [-0.15, -0.1) is 0 Å². The lowest BCUT2D eigenvalue weighted by Gasteiger charge is -2.01. The van der Waals surface area contributed by atoms with Gasteiger partial charge in [-0.05, 0) is 52.8 Å². The van der Waals surface area contributed by atoms with Crippen LogP contribution < -0.4 is 0 Å². The molecule has 0 saturated carbocycles. The van der Waals surface area contributed by atoms with Gasteiger partial charge in [0.05, 0.1) is 0 Å². The minimum atomic E-state index is 1.15. The van der Waals surface area contributed by atoms with Gasteiger partial charge in [0.2, 0.25) is 0 Å². The zero-order chi connectivity index (χ0) is 10.4. The average molecular weight is 296 g/mol. The largest absolute Gasteiger partial charge is 0.0984 e. The SMILES string of the molecule is C=C/C(=C\C=C/C)c1cccc(I)c1. The van der Waals surface area contributed by atoms with E-state index in [2.05, 4.69) is 59.5 Å². The summed E-state index contributed by atoms with van der Waals surface area (Å²) in [5.74, 6) is 0. The predicted octanol–water partition coefficient (Wildman–Crippen LogP) is 4.44. The lowest BCUT2D eigenvalue weighted by Crippen LogP contribution is -1.81. The van der Waals surface area contributed by atoms with Gasteiger partial charge in [-0.3, -0.25) is 0 Å². The summed E-state index contributed by atoms with van der Waals surface area (Å²) in [4.78, 5) is 0. The Morgan fingerprint density at radius 2 is 2.21 bits per heavy atom. The number of rotatable bonds is 3. The van der Waals surface area contributed by atoms with E-state index in [1.807, 2.05) is 25.2 Å². The number of hydrogen-bond donors (Lipinski definition) is 0. The molecule has 0 unspecified atom stereocenters. The highest BCUT2D eigenvalue weighted by atomic mass is 127. The summed E-state index contributed by atoms with van der Waals surface area (Å²) in [6.07, 6.45) is 7.98. The molecule has 0 bridgehead atoms. The molecule has 0 radical (unpaired) electrons. The molecule has 72 valence electrons. The fraction of sp³-hybridized carbons (Fsp3) is 0.0769. The lowest BCUT2D eigenvalue weighted by atomic mass is 10.1. The van der Waals surface area contributed by atoms with Gasteiger partial charge in [-0.25, -0.2) is 0 Å². The van der Waals surface area contributed by atoms with Crippen molar-refractivity contribution >= 4 is 28.2 Å². The molecule has 1 rings (SSSR count). The summed E-state index contributed by atoms with van der Waals surface area (Å²) < 4.78 is 1.24. The van der Waals surface area contributed by atoms with E-state index in [4.69, 9.17) is 0 Å². The molecule has 0 heterocycles. The normalized spacial score (nSPS) is 12.0. The van der Waals surface area contributed by atoms with E-state index < -0.39 is 0 Å². The Hall–Kier alpha value is -0.830. The summed E-state index contributed by atoms with van der Waals surface area (Å²) >= 11 is 2.31. The second-order valence-electron chi connectivity index (χ2n) is 2.86. The summed E-state index contributed by atoms with van der Waals surface area (Å²) in [6, 6.07) is 8.39. The van der Waals surface area contributed by atoms with Crippen molar-refractivity contribution in [3.05, 3.63) is 64.3 Å². The molecule has 14 heavy (non-hydrogen) atoms. The third-order valence-corrected chi connectivity index (χ3v) is 2.52. The Balaban J connectivity index is 3.06. The molecule has 0 atom stereocenters. The molecule has 0 aliphatic heterocycles. The Morgan fingerprint density at radius 1 is 1.43 bits per heavy atom. The minimum absolute atomic E-state index is 1.15. The van der Waals surface area contributed by atoms with Gasteiger partial charge in [0.15, 0.2) is 0 Å². The van der Waals surface area contributed by atoms with Gasteiger partial charge in [0, 0.05) is 3.57 Å². The molecular weight excluding hydrogens is 283 g/mol. The van der Waals surface area contributed by atoms with E-state index in [0.717, 1.165) is 5.57 Å². The van der Waals surface area contributed by atoms with Crippen LogP contribution >= 0.6 is 22.6 Å². The van der Waals surface area contributed by atoms with Gasteiger partial charge in [0.25, 0.3) is 0 Å². The number of benzene rings is 1. The van der Waals surface area contributed by atoms with Crippen molar-refractivity contribution < 1.29 is 0 Å². The molecule has 1 aromatic rings. The van der Waals surface area contributed by atoms with Gasteiger partial charge in [0.1, 0.15) is 0 Å². The van der Waals surface area contributed by atoms with E-state index in [1.165, 1.54) is 9.13 Å². The smallest absolute Gasteiger partial charge is 0.0136 e. The molecule has 1 heteroatoms. The van der Waals surface area contributed by atoms with Crippen LogP contribution in [0.4, 0.5) is 0 Å². The van der Waals surface area contributed by atoms with Crippen molar-refractivity contribution in [3.8, 4) is 0 Å². The van der Waals surface area contributed by atoms with Crippen LogP contribution in [0.2, 0.25) is 0 Å². The fourth-order valence-electron chi connectivity index (χ4n) is 1.15. The number of halogens is 1. The minimum Gasteiger partial charge on any atom is -0.0984 e. The maximum atomic E-state index is 3.82. The Bertz CT molecular complexity index is 373. The first-order valence-electron chi connectivity index (χ1n) is 4.49. The molecule has 0 nitrogen and oxygen atoms in total. The molecule has 0 amide bonds. The Morgan fingerprint density at radius 3 is 2.79 bits per heavy atom. The number of allylic oxidation sites excluding steroid dienone is 5. The number of hydrogen-bond acceptors (Lipinski definition) is 0. The van der Waals surface area contributed by atoms with Crippen molar-refractivity contribution in [2.24, 2.45) is 0 Å². The van der Waals surface area contributed by atoms with E-state index in [1.54, 1.807) is 0 Å². The van der Waals surface area contributed by atoms with E-state index in [9.17, 15) is 0 Å². The maximum absolute atomic E-state index is 3.82. The second-order valence-corrected chi connectivity index (χ2v) is 4.11. The van der Waals surface area contributed by atoms with Crippen molar-refractivity contribution in [1.29, 1.82) is 0 Å². The Kier molecular flexibility index (Phi) is 4.66. The fourth-order valence-corrected chi connectivity index (χ4v) is 1.69. The monoisotopic (exact) mass is 296 g/mol. The van der Waals surface area contributed by atoms with Gasteiger partial charge in [-0.2, -0.15) is 0 Å². The quantitative estimate of drug-likeness (QED) is 0.571. The van der Waals surface area contributed by atoms with Crippen molar-refractivity contribution in [2.75, 3.05) is 0 Å². The highest BCUT2D eigenvalue weighted by Crippen LogP contribution is 2.17. The van der Waals surface area contributed by atoms with Crippen LogP contribution in [0.5, 0.6) is 0 Å². The summed E-state index contributed by atoms with van der Waals surface area (Å²) in [5.41, 5.74) is 2.37. The van der Waals surface area contributed by atoms with Crippen LogP contribution in [0, 0.1) is 3.57 Å². The molecule has 0 saturated heterocycles. The van der Waals surface area contributed by atoms with Crippen LogP contribution in [0.15, 0.2) is 55.1 Å². The first kappa shape index (κ1) is 11.2. The molecule has 0 aliphatic carbocycles. The molecule has 0 aliphatic rings.